The first-order chi connectivity index (χ1) is 2.27. The average molecular weight is 222 g/mol. The molecule has 0 N–H and O–H groups in total. The Labute approximate surface area is 51.0 Å². The van der Waals surface area contributed by atoms with Gasteiger partial charge in [0.25, 0.3) is 0 Å². The molecule has 0 aromatic carbocycles. The van der Waals surface area contributed by atoms with Crippen molar-refractivity contribution in [3.63, 3.8) is 0 Å². The predicted molar refractivity (Wildman–Crippen MR) is 35.8 cm³/mol. The molecule has 32 valence electrons. The van der Waals surface area contributed by atoms with E-state index < -0.39 is 9.36 Å². The smallest absolute Gasteiger partial charge is 0.0751 e. The Morgan fingerprint density at radius 2 is 2.20 bits per heavy atom. The fourth-order valence-corrected chi connectivity index (χ4v) is 0. The maximum atomic E-state index is 9.77. The second kappa shape index (κ2) is 3.30. The molecule has 1 unspecified atom stereocenters. The van der Waals surface area contributed by atoms with Crippen molar-refractivity contribution in [1.82, 2.24) is 0 Å². The topological polar surface area (TPSA) is 17.1 Å². The zero-order chi connectivity index (χ0) is 4.28. The molecule has 1 nitrogen and oxygen atoms in total. The highest BCUT2D eigenvalue weighted by molar-refractivity contribution is 14.1. The third kappa shape index (κ3) is 5.10. The van der Waals surface area contributed by atoms with Gasteiger partial charge in [-0.25, -0.2) is 0 Å². The fourth-order valence-electron chi connectivity index (χ4n) is 0. The molecule has 0 aromatic rings. The van der Waals surface area contributed by atoms with Crippen LogP contribution in [-0.2, 0) is 20.5 Å². The Balaban J connectivity index is 3.23. The average Bonchev–Trinajstić information content (AvgIpc) is 1.38. The van der Waals surface area contributed by atoms with E-state index in [4.69, 9.17) is 0 Å². The van der Waals surface area contributed by atoms with Crippen molar-refractivity contribution in [2.45, 2.75) is 0 Å². The second-order valence-electron chi connectivity index (χ2n) is 0.452. The summed E-state index contributed by atoms with van der Waals surface area (Å²) in [5, 5.41) is 0. The van der Waals surface area contributed by atoms with Crippen molar-refractivity contribution in [1.29, 1.82) is 0 Å². The molecule has 0 saturated heterocycles. The summed E-state index contributed by atoms with van der Waals surface area (Å²) in [6.07, 6.45) is 0. The summed E-state index contributed by atoms with van der Waals surface area (Å²) in [6, 6.07) is 0. The van der Waals surface area contributed by atoms with Crippen LogP contribution in [0.25, 0.3) is 0 Å². The van der Waals surface area contributed by atoms with Crippen LogP contribution in [0.5, 0.6) is 0 Å². The highest BCUT2D eigenvalue weighted by atomic mass is 127. The van der Waals surface area contributed by atoms with Gasteiger partial charge in [-0.05, 0) is 11.2 Å². The van der Waals surface area contributed by atoms with Gasteiger partial charge in [0.2, 0.25) is 0 Å². The quantitative estimate of drug-likeness (QED) is 0.391. The monoisotopic (exact) mass is 222 g/mol. The molecule has 4 heteroatoms. The number of thiol groups is 1. The van der Waals surface area contributed by atoms with Crippen LogP contribution >= 0.6 is 22.6 Å². The van der Waals surface area contributed by atoms with Gasteiger partial charge >= 0.3 is 0 Å². The van der Waals surface area contributed by atoms with Gasteiger partial charge in [-0.15, -0.1) is 0 Å². The van der Waals surface area contributed by atoms with E-state index in [0.29, 0.717) is 3.76 Å². The normalized spacial score (nSPS) is 14.6. The van der Waals surface area contributed by atoms with Gasteiger partial charge in [0.05, 0.1) is 3.76 Å². The van der Waals surface area contributed by atoms with E-state index in [9.17, 15) is 4.21 Å². The zero-order valence-corrected chi connectivity index (χ0v) is 6.22. The molecule has 0 amide bonds. The lowest BCUT2D eigenvalue weighted by molar-refractivity contribution is 0.695. The summed E-state index contributed by atoms with van der Waals surface area (Å²) in [5.74, 6) is 0. The van der Waals surface area contributed by atoms with Crippen LogP contribution in [0.2, 0.25) is 0 Å². The molecule has 0 heterocycles. The molecule has 0 saturated carbocycles. The molecule has 5 heavy (non-hydrogen) atoms. The maximum Gasteiger partial charge on any atom is 0.0751 e. The molecule has 1 atom stereocenters. The van der Waals surface area contributed by atoms with Gasteiger partial charge in [-0.1, -0.05) is 22.6 Å². The van der Waals surface area contributed by atoms with Crippen LogP contribution in [0.3, 0.4) is 0 Å². The van der Waals surface area contributed by atoms with E-state index in [1.165, 1.54) is 0 Å². The molecule has 0 radical (unpaired) electrons. The van der Waals surface area contributed by atoms with Crippen LogP contribution in [0.4, 0.5) is 0 Å². The van der Waals surface area contributed by atoms with Crippen LogP contribution in [0.1, 0.15) is 0 Å². The summed E-state index contributed by atoms with van der Waals surface area (Å²) in [4.78, 5) is 0. The van der Waals surface area contributed by atoms with Crippen molar-refractivity contribution in [2.24, 2.45) is 0 Å². The summed E-state index contributed by atoms with van der Waals surface area (Å²) < 4.78 is 10.4. The Kier molecular flexibility index (Phi) is 4.02. The Morgan fingerprint density at radius 3 is 2.20 bits per heavy atom. The van der Waals surface area contributed by atoms with Crippen LogP contribution in [0.15, 0.2) is 0 Å². The number of alkyl halides is 1. The number of hydrogen-bond donors (Lipinski definition) is 1. The lowest BCUT2D eigenvalue weighted by atomic mass is 12.0. The fraction of sp³-hybridized carbons (Fsp3) is 1.00. The zero-order valence-electron chi connectivity index (χ0n) is 2.35. The van der Waals surface area contributed by atoms with Crippen LogP contribution < -0.4 is 0 Å². The number of rotatable bonds is 1. The number of hydrogen-bond acceptors (Lipinski definition) is 2. The Morgan fingerprint density at radius 1 is 2.00 bits per heavy atom. The summed E-state index contributed by atoms with van der Waals surface area (Å²) >= 11 is 6.27. The van der Waals surface area contributed by atoms with Gasteiger partial charge < -0.3 is 0 Å². The minimum atomic E-state index is -1.28. The van der Waals surface area contributed by atoms with Gasteiger partial charge in [-0.2, -0.15) is 0 Å². The molecular formula is CH3IOS2. The van der Waals surface area contributed by atoms with E-state index in [1.807, 2.05) is 22.6 Å². The van der Waals surface area contributed by atoms with Crippen molar-refractivity contribution in [2.75, 3.05) is 3.76 Å². The molecule has 0 aliphatic heterocycles. The van der Waals surface area contributed by atoms with Crippen molar-refractivity contribution < 1.29 is 4.21 Å². The lowest BCUT2D eigenvalue weighted by Gasteiger charge is -1.61. The summed E-state index contributed by atoms with van der Waals surface area (Å²) in [6.45, 7) is 0. The summed E-state index contributed by atoms with van der Waals surface area (Å²) in [7, 11) is -1.28. The lowest BCUT2D eigenvalue weighted by Crippen LogP contribution is -1.64. The summed E-state index contributed by atoms with van der Waals surface area (Å²) in [5.41, 5.74) is 0. The van der Waals surface area contributed by atoms with Gasteiger partial charge in [0.15, 0.2) is 0 Å². The first-order valence-corrected chi connectivity index (χ1v) is 4.93. The van der Waals surface area contributed by atoms with E-state index in [0.717, 1.165) is 0 Å². The van der Waals surface area contributed by atoms with Crippen molar-refractivity contribution in [3.05, 3.63) is 0 Å². The largest absolute Gasteiger partial charge is 0.259 e. The number of halogens is 1. The molecule has 0 rings (SSSR count). The molecule has 0 spiro atoms. The minimum Gasteiger partial charge on any atom is -0.259 e. The first kappa shape index (κ1) is 6.10. The first-order valence-electron chi connectivity index (χ1n) is 0.949. The van der Waals surface area contributed by atoms with E-state index in [-0.39, 0.29) is 0 Å². The van der Waals surface area contributed by atoms with E-state index in [1.54, 1.807) is 0 Å². The van der Waals surface area contributed by atoms with Crippen molar-refractivity contribution >= 4 is 43.1 Å². The third-order valence-electron chi connectivity index (χ3n) is 0.0976. The standard InChI is InChI=1S/CH3IOS2/c2-1-5(3)4/h5H,1H2. The van der Waals surface area contributed by atoms with Crippen molar-refractivity contribution in [3.8, 4) is 0 Å². The second-order valence-corrected chi connectivity index (χ2v) is 4.63. The van der Waals surface area contributed by atoms with Crippen LogP contribution in [-0.4, -0.2) is 7.97 Å². The minimum absolute atomic E-state index is 0.600. The molecule has 0 aliphatic carbocycles. The van der Waals surface area contributed by atoms with E-state index >= 15 is 0 Å². The van der Waals surface area contributed by atoms with Gasteiger partial charge in [0, 0.05) is 9.36 Å². The van der Waals surface area contributed by atoms with E-state index in [2.05, 4.69) is 11.2 Å². The molecule has 0 aromatic heterocycles. The predicted octanol–water partition coefficient (Wildman–Crippen LogP) is 0.322. The Hall–Kier alpha value is 1.10. The SMILES string of the molecule is O=[SH](=S)CI. The van der Waals surface area contributed by atoms with Crippen LogP contribution in [0, 0.1) is 0 Å². The van der Waals surface area contributed by atoms with Gasteiger partial charge in [-0.3, -0.25) is 4.21 Å². The molecular weight excluding hydrogens is 219 g/mol. The maximum absolute atomic E-state index is 9.77. The molecule has 0 fully saturated rings. The third-order valence-corrected chi connectivity index (χ3v) is 3.93. The van der Waals surface area contributed by atoms with Gasteiger partial charge in [0.1, 0.15) is 0 Å². The molecule has 0 aliphatic rings. The highest BCUT2D eigenvalue weighted by Gasteiger charge is 1.63. The molecule has 0 bridgehead atoms. The highest BCUT2D eigenvalue weighted by Crippen LogP contribution is 1.76. The Bertz CT molecular complexity index is 67.7.